The van der Waals surface area contributed by atoms with E-state index in [9.17, 15) is 4.79 Å². The lowest BCUT2D eigenvalue weighted by atomic mass is 10.1. The second-order valence-electron chi connectivity index (χ2n) is 4.55. The number of H-pyrrole nitrogens is 1. The van der Waals surface area contributed by atoms with Crippen LogP contribution >= 0.6 is 0 Å². The van der Waals surface area contributed by atoms with Crippen molar-refractivity contribution in [3.63, 3.8) is 0 Å². The SMILES string of the molecule is CN1Cc2ccc(NC(=O)c3ncc[nH]3)cc2C1. The van der Waals surface area contributed by atoms with Crippen molar-refractivity contribution in [3.8, 4) is 0 Å². The predicted molar refractivity (Wildman–Crippen MR) is 68.2 cm³/mol. The molecule has 0 saturated heterocycles. The highest BCUT2D eigenvalue weighted by Crippen LogP contribution is 2.24. The smallest absolute Gasteiger partial charge is 0.291 e. The topological polar surface area (TPSA) is 61.0 Å². The van der Waals surface area contributed by atoms with Gasteiger partial charge < -0.3 is 10.3 Å². The molecule has 1 aliphatic heterocycles. The summed E-state index contributed by atoms with van der Waals surface area (Å²) in [6.07, 6.45) is 3.19. The molecule has 0 bridgehead atoms. The van der Waals surface area contributed by atoms with Gasteiger partial charge in [0.05, 0.1) is 0 Å². The number of anilines is 1. The summed E-state index contributed by atoms with van der Waals surface area (Å²) in [4.78, 5) is 20.8. The van der Waals surface area contributed by atoms with Crippen LogP contribution in [0.2, 0.25) is 0 Å². The minimum absolute atomic E-state index is 0.216. The second-order valence-corrected chi connectivity index (χ2v) is 4.55. The third-order valence-corrected chi connectivity index (χ3v) is 3.06. The molecule has 18 heavy (non-hydrogen) atoms. The molecule has 0 atom stereocenters. The molecule has 1 aromatic heterocycles. The fraction of sp³-hybridized carbons (Fsp3) is 0.231. The van der Waals surface area contributed by atoms with Crippen LogP contribution in [-0.2, 0) is 13.1 Å². The number of fused-ring (bicyclic) bond motifs is 1. The number of carbonyl (C=O) groups is 1. The molecule has 0 saturated carbocycles. The zero-order chi connectivity index (χ0) is 12.5. The zero-order valence-corrected chi connectivity index (χ0v) is 10.1. The van der Waals surface area contributed by atoms with Gasteiger partial charge in [-0.2, -0.15) is 0 Å². The fourth-order valence-electron chi connectivity index (χ4n) is 2.22. The van der Waals surface area contributed by atoms with Gasteiger partial charge in [-0.15, -0.1) is 0 Å². The highest BCUT2D eigenvalue weighted by molar-refractivity contribution is 6.01. The fourth-order valence-corrected chi connectivity index (χ4v) is 2.22. The molecule has 3 rings (SSSR count). The van der Waals surface area contributed by atoms with Crippen LogP contribution < -0.4 is 5.32 Å². The summed E-state index contributed by atoms with van der Waals surface area (Å²) in [7, 11) is 2.08. The summed E-state index contributed by atoms with van der Waals surface area (Å²) >= 11 is 0. The van der Waals surface area contributed by atoms with Crippen molar-refractivity contribution in [3.05, 3.63) is 47.5 Å². The average molecular weight is 242 g/mol. The van der Waals surface area contributed by atoms with Crippen molar-refractivity contribution in [2.24, 2.45) is 0 Å². The Hall–Kier alpha value is -2.14. The first kappa shape index (κ1) is 11.0. The van der Waals surface area contributed by atoms with Gasteiger partial charge in [-0.25, -0.2) is 4.98 Å². The monoisotopic (exact) mass is 242 g/mol. The average Bonchev–Trinajstić information content (AvgIpc) is 2.95. The summed E-state index contributed by atoms with van der Waals surface area (Å²) in [6, 6.07) is 6.02. The molecule has 0 spiro atoms. The van der Waals surface area contributed by atoms with E-state index in [1.165, 1.54) is 11.1 Å². The molecule has 5 nitrogen and oxygen atoms in total. The Kier molecular flexibility index (Phi) is 2.60. The lowest BCUT2D eigenvalue weighted by molar-refractivity contribution is 0.101. The first-order chi connectivity index (χ1) is 8.72. The quantitative estimate of drug-likeness (QED) is 0.841. The number of rotatable bonds is 2. The van der Waals surface area contributed by atoms with Gasteiger partial charge in [0.15, 0.2) is 5.82 Å². The highest BCUT2D eigenvalue weighted by atomic mass is 16.2. The van der Waals surface area contributed by atoms with E-state index in [2.05, 4.69) is 33.3 Å². The third-order valence-electron chi connectivity index (χ3n) is 3.06. The Morgan fingerprint density at radius 3 is 3.00 bits per heavy atom. The molecule has 5 heteroatoms. The van der Waals surface area contributed by atoms with Crippen molar-refractivity contribution >= 4 is 11.6 Å². The van der Waals surface area contributed by atoms with E-state index in [0.717, 1.165) is 18.8 Å². The van der Waals surface area contributed by atoms with Gasteiger partial charge in [0.25, 0.3) is 5.91 Å². The molecule has 1 aliphatic rings. The molecule has 2 heterocycles. The van der Waals surface area contributed by atoms with Crippen LogP contribution in [0.1, 0.15) is 21.7 Å². The van der Waals surface area contributed by atoms with Crippen molar-refractivity contribution < 1.29 is 4.79 Å². The van der Waals surface area contributed by atoms with Crippen molar-refractivity contribution in [1.29, 1.82) is 0 Å². The number of benzene rings is 1. The molecule has 92 valence electrons. The van der Waals surface area contributed by atoms with Crippen molar-refractivity contribution in [1.82, 2.24) is 14.9 Å². The second kappa shape index (κ2) is 4.27. The van der Waals surface area contributed by atoms with E-state index in [4.69, 9.17) is 0 Å². The Balaban J connectivity index is 1.78. The number of nitrogens with zero attached hydrogens (tertiary/aromatic N) is 2. The minimum atomic E-state index is -0.216. The van der Waals surface area contributed by atoms with Gasteiger partial charge in [-0.3, -0.25) is 9.69 Å². The number of carbonyl (C=O) groups excluding carboxylic acids is 1. The summed E-state index contributed by atoms with van der Waals surface area (Å²) in [5, 5.41) is 2.84. The van der Waals surface area contributed by atoms with Crippen LogP contribution in [0.25, 0.3) is 0 Å². The normalized spacial score (nSPS) is 14.5. The number of hydrogen-bond acceptors (Lipinski definition) is 3. The van der Waals surface area contributed by atoms with E-state index in [1.807, 2.05) is 12.1 Å². The maximum absolute atomic E-state index is 11.8. The van der Waals surface area contributed by atoms with E-state index in [0.29, 0.717) is 5.82 Å². The Labute approximate surface area is 105 Å². The number of nitrogens with one attached hydrogen (secondary N) is 2. The number of aromatic amines is 1. The number of hydrogen-bond donors (Lipinski definition) is 2. The molecule has 1 aromatic carbocycles. The van der Waals surface area contributed by atoms with Gasteiger partial charge in [-0.1, -0.05) is 6.07 Å². The molecule has 2 aromatic rings. The van der Waals surface area contributed by atoms with Crippen molar-refractivity contribution in [2.75, 3.05) is 12.4 Å². The van der Waals surface area contributed by atoms with E-state index in [1.54, 1.807) is 12.4 Å². The predicted octanol–water partition coefficient (Wildman–Crippen LogP) is 1.61. The minimum Gasteiger partial charge on any atom is -0.341 e. The number of amides is 1. The summed E-state index contributed by atoms with van der Waals surface area (Å²) in [5.74, 6) is 0.110. The maximum Gasteiger partial charge on any atom is 0.291 e. The van der Waals surface area contributed by atoms with Crippen molar-refractivity contribution in [2.45, 2.75) is 13.1 Å². The van der Waals surface area contributed by atoms with Gasteiger partial charge in [-0.05, 0) is 30.3 Å². The molecular weight excluding hydrogens is 228 g/mol. The zero-order valence-electron chi connectivity index (χ0n) is 10.1. The van der Waals surface area contributed by atoms with Crippen LogP contribution in [-0.4, -0.2) is 27.8 Å². The van der Waals surface area contributed by atoms with E-state index < -0.39 is 0 Å². The van der Waals surface area contributed by atoms with Crippen LogP contribution in [0.5, 0.6) is 0 Å². The molecule has 0 unspecified atom stereocenters. The summed E-state index contributed by atoms with van der Waals surface area (Å²) < 4.78 is 0. The van der Waals surface area contributed by atoms with E-state index >= 15 is 0 Å². The molecule has 0 fully saturated rings. The number of imidazole rings is 1. The summed E-state index contributed by atoms with van der Waals surface area (Å²) in [6.45, 7) is 1.90. The molecule has 0 aliphatic carbocycles. The lowest BCUT2D eigenvalue weighted by Crippen LogP contribution is -2.13. The van der Waals surface area contributed by atoms with Crippen LogP contribution in [0, 0.1) is 0 Å². The van der Waals surface area contributed by atoms with Crippen LogP contribution in [0.15, 0.2) is 30.6 Å². The first-order valence-electron chi connectivity index (χ1n) is 5.83. The van der Waals surface area contributed by atoms with Crippen LogP contribution in [0.3, 0.4) is 0 Å². The Bertz CT molecular complexity index is 577. The van der Waals surface area contributed by atoms with E-state index in [-0.39, 0.29) is 5.91 Å². The Morgan fingerprint density at radius 1 is 1.39 bits per heavy atom. The Morgan fingerprint density at radius 2 is 2.22 bits per heavy atom. The van der Waals surface area contributed by atoms with Gasteiger partial charge in [0, 0.05) is 31.2 Å². The van der Waals surface area contributed by atoms with Crippen LogP contribution in [0.4, 0.5) is 5.69 Å². The van der Waals surface area contributed by atoms with Gasteiger partial charge >= 0.3 is 0 Å². The standard InChI is InChI=1S/C13H14N4O/c1-17-7-9-2-3-11(6-10(9)8-17)16-13(18)12-14-4-5-15-12/h2-6H,7-8H2,1H3,(H,14,15)(H,16,18). The maximum atomic E-state index is 11.8. The molecular formula is C13H14N4O. The summed E-state index contributed by atoms with van der Waals surface area (Å²) in [5.41, 5.74) is 3.41. The third kappa shape index (κ3) is 2.00. The van der Waals surface area contributed by atoms with Gasteiger partial charge in [0.2, 0.25) is 0 Å². The highest BCUT2D eigenvalue weighted by Gasteiger charge is 2.16. The largest absolute Gasteiger partial charge is 0.341 e. The molecule has 2 N–H and O–H groups in total. The first-order valence-corrected chi connectivity index (χ1v) is 5.83. The lowest BCUT2D eigenvalue weighted by Gasteiger charge is -2.05. The van der Waals surface area contributed by atoms with Gasteiger partial charge in [0.1, 0.15) is 0 Å². The molecule has 0 radical (unpaired) electrons. The number of aromatic nitrogens is 2. The molecule has 1 amide bonds.